The molecule has 0 saturated heterocycles. The van der Waals surface area contributed by atoms with Gasteiger partial charge in [-0.3, -0.25) is 9.59 Å². The maximum atomic E-state index is 10.9. The van der Waals surface area contributed by atoms with Gasteiger partial charge in [-0.25, -0.2) is 0 Å². The molecule has 0 radical (unpaired) electrons. The Morgan fingerprint density at radius 2 is 2.17 bits per heavy atom. The van der Waals surface area contributed by atoms with Crippen molar-refractivity contribution in [2.24, 2.45) is 0 Å². The van der Waals surface area contributed by atoms with Crippen LogP contribution in [0.1, 0.15) is 6.92 Å². The number of hydrogen-bond donors (Lipinski definition) is 1. The normalized spacial score (nSPS) is 8.83. The maximum absolute atomic E-state index is 10.9. The summed E-state index contributed by atoms with van der Waals surface area (Å²) in [6.45, 7) is 5.41. The summed E-state index contributed by atoms with van der Waals surface area (Å²) in [6.07, 6.45) is 1.59. The molecular weight excluding hydrogens is 156 g/mol. The third kappa shape index (κ3) is 3.75. The zero-order valence-corrected chi connectivity index (χ0v) is 7.46. The summed E-state index contributed by atoms with van der Waals surface area (Å²) >= 11 is 0. The van der Waals surface area contributed by atoms with Gasteiger partial charge >= 0.3 is 0 Å². The molecule has 2 amide bonds. The van der Waals surface area contributed by atoms with Crippen molar-refractivity contribution in [2.75, 3.05) is 20.1 Å². The van der Waals surface area contributed by atoms with Crippen LogP contribution in [0.25, 0.3) is 0 Å². The first kappa shape index (κ1) is 10.7. The maximum Gasteiger partial charge on any atom is 0.239 e. The third-order valence-electron chi connectivity index (χ3n) is 1.41. The largest absolute Gasteiger partial charge is 0.358 e. The van der Waals surface area contributed by atoms with Gasteiger partial charge < -0.3 is 10.2 Å². The Kier molecular flexibility index (Phi) is 4.76. The summed E-state index contributed by atoms with van der Waals surface area (Å²) in [5.41, 5.74) is 0. The minimum Gasteiger partial charge on any atom is -0.358 e. The molecule has 0 spiro atoms. The van der Waals surface area contributed by atoms with Crippen LogP contribution in [0.3, 0.4) is 0 Å². The van der Waals surface area contributed by atoms with Crippen molar-refractivity contribution in [2.45, 2.75) is 6.92 Å². The van der Waals surface area contributed by atoms with E-state index in [1.807, 2.05) is 0 Å². The van der Waals surface area contributed by atoms with Crippen molar-refractivity contribution in [3.63, 3.8) is 0 Å². The molecule has 0 aromatic rings. The first-order valence-electron chi connectivity index (χ1n) is 3.68. The van der Waals surface area contributed by atoms with Crippen LogP contribution in [-0.2, 0) is 9.59 Å². The third-order valence-corrected chi connectivity index (χ3v) is 1.41. The zero-order valence-electron chi connectivity index (χ0n) is 7.46. The summed E-state index contributed by atoms with van der Waals surface area (Å²) in [5.74, 6) is -0.300. The predicted molar refractivity (Wildman–Crippen MR) is 46.5 cm³/mol. The molecule has 0 rings (SSSR count). The molecule has 0 aliphatic rings. The van der Waals surface area contributed by atoms with E-state index >= 15 is 0 Å². The lowest BCUT2D eigenvalue weighted by Gasteiger charge is -2.17. The van der Waals surface area contributed by atoms with Crippen LogP contribution in [0.4, 0.5) is 0 Å². The smallest absolute Gasteiger partial charge is 0.239 e. The average Bonchev–Trinajstić information content (AvgIpc) is 2.03. The topological polar surface area (TPSA) is 49.4 Å². The van der Waals surface area contributed by atoms with Crippen LogP contribution in [0.2, 0.25) is 0 Å². The van der Waals surface area contributed by atoms with E-state index in [0.29, 0.717) is 6.54 Å². The number of nitrogens with one attached hydrogen (secondary N) is 1. The van der Waals surface area contributed by atoms with Crippen molar-refractivity contribution in [1.82, 2.24) is 10.2 Å². The number of nitrogens with zero attached hydrogens (tertiary/aromatic N) is 1. The van der Waals surface area contributed by atoms with Gasteiger partial charge in [-0.05, 0) is 0 Å². The van der Waals surface area contributed by atoms with E-state index in [4.69, 9.17) is 0 Å². The monoisotopic (exact) mass is 170 g/mol. The van der Waals surface area contributed by atoms with Crippen LogP contribution in [0.15, 0.2) is 12.7 Å². The van der Waals surface area contributed by atoms with Gasteiger partial charge in [0, 0.05) is 20.5 Å². The van der Waals surface area contributed by atoms with Crippen molar-refractivity contribution in [1.29, 1.82) is 0 Å². The molecule has 0 bridgehead atoms. The predicted octanol–water partition coefficient (Wildman–Crippen LogP) is -0.233. The minimum absolute atomic E-state index is 0.0951. The lowest BCUT2D eigenvalue weighted by Crippen LogP contribution is -2.38. The van der Waals surface area contributed by atoms with Crippen LogP contribution in [0, 0.1) is 0 Å². The van der Waals surface area contributed by atoms with Gasteiger partial charge in [-0.2, -0.15) is 0 Å². The molecule has 12 heavy (non-hydrogen) atoms. The minimum atomic E-state index is -0.174. The molecule has 1 N–H and O–H groups in total. The summed E-state index contributed by atoms with van der Waals surface area (Å²) in [4.78, 5) is 23.2. The van der Waals surface area contributed by atoms with E-state index in [1.165, 1.54) is 18.9 Å². The van der Waals surface area contributed by atoms with Crippen molar-refractivity contribution in [3.8, 4) is 0 Å². The standard InChI is InChI=1S/C8H14N2O2/c1-4-5-10(7(2)11)6-8(12)9-3/h4H,1,5-6H2,2-3H3,(H,9,12). The van der Waals surface area contributed by atoms with E-state index in [2.05, 4.69) is 11.9 Å². The van der Waals surface area contributed by atoms with Crippen LogP contribution >= 0.6 is 0 Å². The lowest BCUT2D eigenvalue weighted by molar-refractivity contribution is -0.133. The van der Waals surface area contributed by atoms with E-state index in [-0.39, 0.29) is 18.4 Å². The van der Waals surface area contributed by atoms with Crippen molar-refractivity contribution < 1.29 is 9.59 Å². The molecule has 4 nitrogen and oxygen atoms in total. The molecule has 4 heteroatoms. The first-order chi connectivity index (χ1) is 5.61. The first-order valence-corrected chi connectivity index (χ1v) is 3.68. The molecule has 0 atom stereocenters. The second kappa shape index (κ2) is 5.35. The number of carbonyl (C=O) groups is 2. The van der Waals surface area contributed by atoms with Crippen molar-refractivity contribution >= 4 is 11.8 Å². The summed E-state index contributed by atoms with van der Waals surface area (Å²) < 4.78 is 0. The number of hydrogen-bond acceptors (Lipinski definition) is 2. The van der Waals surface area contributed by atoms with Gasteiger partial charge in [-0.1, -0.05) is 6.08 Å². The summed E-state index contributed by atoms with van der Waals surface area (Å²) in [7, 11) is 1.54. The molecular formula is C8H14N2O2. The highest BCUT2D eigenvalue weighted by Crippen LogP contribution is 1.88. The van der Waals surface area contributed by atoms with E-state index < -0.39 is 0 Å². The summed E-state index contributed by atoms with van der Waals surface area (Å²) in [6, 6.07) is 0. The Balaban J connectivity index is 4.03. The van der Waals surface area contributed by atoms with Crippen molar-refractivity contribution in [3.05, 3.63) is 12.7 Å². The second-order valence-corrected chi connectivity index (χ2v) is 2.36. The van der Waals surface area contributed by atoms with Gasteiger partial charge in [0.1, 0.15) is 0 Å². The number of likely N-dealkylation sites (N-methyl/N-ethyl adjacent to an activating group) is 1. The molecule has 0 saturated carbocycles. The molecule has 0 heterocycles. The van der Waals surface area contributed by atoms with E-state index in [0.717, 1.165) is 0 Å². The van der Waals surface area contributed by atoms with E-state index in [1.54, 1.807) is 6.08 Å². The molecule has 0 aromatic heterocycles. The Labute approximate surface area is 72.2 Å². The quantitative estimate of drug-likeness (QED) is 0.592. The Hall–Kier alpha value is -1.32. The lowest BCUT2D eigenvalue weighted by atomic mass is 10.4. The molecule has 0 aliphatic heterocycles. The fraction of sp³-hybridized carbons (Fsp3) is 0.500. The Bertz CT molecular complexity index is 189. The number of carbonyl (C=O) groups excluding carboxylic acids is 2. The van der Waals surface area contributed by atoms with Gasteiger partial charge in [0.25, 0.3) is 0 Å². The molecule has 0 fully saturated rings. The number of rotatable bonds is 4. The fourth-order valence-electron chi connectivity index (χ4n) is 0.713. The van der Waals surface area contributed by atoms with Gasteiger partial charge in [0.05, 0.1) is 6.54 Å². The zero-order chi connectivity index (χ0) is 9.56. The van der Waals surface area contributed by atoms with Gasteiger partial charge in [0.2, 0.25) is 11.8 Å². The van der Waals surface area contributed by atoms with E-state index in [9.17, 15) is 9.59 Å². The second-order valence-electron chi connectivity index (χ2n) is 2.36. The van der Waals surface area contributed by atoms with Gasteiger partial charge in [0.15, 0.2) is 0 Å². The highest BCUT2D eigenvalue weighted by Gasteiger charge is 2.09. The molecule has 0 aromatic carbocycles. The molecule has 0 aliphatic carbocycles. The highest BCUT2D eigenvalue weighted by molar-refractivity contribution is 5.83. The van der Waals surface area contributed by atoms with Crippen LogP contribution in [-0.4, -0.2) is 36.9 Å². The Morgan fingerprint density at radius 1 is 1.58 bits per heavy atom. The highest BCUT2D eigenvalue weighted by atomic mass is 16.2. The molecule has 68 valence electrons. The fourth-order valence-corrected chi connectivity index (χ4v) is 0.713. The molecule has 0 unspecified atom stereocenters. The number of amides is 2. The van der Waals surface area contributed by atoms with Crippen LogP contribution < -0.4 is 5.32 Å². The summed E-state index contributed by atoms with van der Waals surface area (Å²) in [5, 5.41) is 2.44. The van der Waals surface area contributed by atoms with Gasteiger partial charge in [-0.15, -0.1) is 6.58 Å². The van der Waals surface area contributed by atoms with Crippen LogP contribution in [0.5, 0.6) is 0 Å². The Morgan fingerprint density at radius 3 is 2.50 bits per heavy atom. The average molecular weight is 170 g/mol. The SMILES string of the molecule is C=CCN(CC(=O)NC)C(C)=O.